The van der Waals surface area contributed by atoms with Crippen molar-refractivity contribution in [3.8, 4) is 11.4 Å². The molecule has 1 saturated heterocycles. The molecule has 2 aromatic heterocycles. The van der Waals surface area contributed by atoms with Crippen molar-refractivity contribution in [3.05, 3.63) is 59.9 Å². The van der Waals surface area contributed by atoms with Gasteiger partial charge in [-0.05, 0) is 26.0 Å². The molecule has 3 aromatic rings. The smallest absolute Gasteiger partial charge is 0.287 e. The third-order valence-corrected chi connectivity index (χ3v) is 5.28. The Morgan fingerprint density at radius 1 is 1.13 bits per heavy atom. The maximum Gasteiger partial charge on any atom is 0.287 e. The van der Waals surface area contributed by atoms with E-state index in [4.69, 9.17) is 8.94 Å². The van der Waals surface area contributed by atoms with Gasteiger partial charge >= 0.3 is 0 Å². The van der Waals surface area contributed by atoms with Crippen molar-refractivity contribution >= 4 is 11.8 Å². The van der Waals surface area contributed by atoms with Crippen LogP contribution >= 0.6 is 0 Å². The maximum absolute atomic E-state index is 12.7. The summed E-state index contributed by atoms with van der Waals surface area (Å²) in [5.74, 6) is 0.803. The van der Waals surface area contributed by atoms with Crippen molar-refractivity contribution in [2.75, 3.05) is 26.2 Å². The van der Waals surface area contributed by atoms with Crippen LogP contribution in [0.4, 0.5) is 0 Å². The Kier molecular flexibility index (Phi) is 6.13. The molecule has 162 valence electrons. The zero-order chi connectivity index (χ0) is 21.8. The van der Waals surface area contributed by atoms with Crippen LogP contribution in [-0.4, -0.2) is 64.0 Å². The summed E-state index contributed by atoms with van der Waals surface area (Å²) in [5, 5.41) is 6.75. The number of amides is 2. The van der Waals surface area contributed by atoms with Gasteiger partial charge in [0.2, 0.25) is 17.6 Å². The molecule has 1 N–H and O–H groups in total. The fraction of sp³-hybridized carbons (Fsp3) is 0.364. The number of aryl methyl sites for hydroxylation is 1. The first-order valence-electron chi connectivity index (χ1n) is 10.2. The fourth-order valence-corrected chi connectivity index (χ4v) is 3.47. The van der Waals surface area contributed by atoms with Crippen molar-refractivity contribution < 1.29 is 18.5 Å². The average molecular weight is 423 g/mol. The number of hydrogen-bond acceptors (Lipinski definition) is 7. The Hall–Kier alpha value is -3.46. The van der Waals surface area contributed by atoms with Gasteiger partial charge in [0.05, 0.1) is 12.8 Å². The molecule has 1 aromatic carbocycles. The summed E-state index contributed by atoms with van der Waals surface area (Å²) in [7, 11) is 0. The van der Waals surface area contributed by atoms with E-state index >= 15 is 0 Å². The van der Waals surface area contributed by atoms with Gasteiger partial charge in [0.15, 0.2) is 5.76 Å². The standard InChI is InChI=1S/C22H25N5O4/c1-15-5-7-17(8-6-15)20-24-19(31-25-20)14-26-9-11-27(12-10-26)22(29)16(2)23-21(28)18-4-3-13-30-18/h3-8,13,16H,9-12,14H2,1-2H3,(H,23,28). The molecule has 1 atom stereocenters. The van der Waals surface area contributed by atoms with Gasteiger partial charge in [0, 0.05) is 31.7 Å². The highest BCUT2D eigenvalue weighted by atomic mass is 16.5. The molecule has 1 unspecified atom stereocenters. The molecule has 31 heavy (non-hydrogen) atoms. The summed E-state index contributed by atoms with van der Waals surface area (Å²) in [5.41, 5.74) is 2.09. The molecule has 1 aliphatic rings. The van der Waals surface area contributed by atoms with Crippen LogP contribution in [-0.2, 0) is 11.3 Å². The van der Waals surface area contributed by atoms with Crippen LogP contribution in [0.5, 0.6) is 0 Å². The normalized spacial score (nSPS) is 15.6. The van der Waals surface area contributed by atoms with E-state index < -0.39 is 11.9 Å². The lowest BCUT2D eigenvalue weighted by Crippen LogP contribution is -2.53. The Bertz CT molecular complexity index is 1020. The number of nitrogens with one attached hydrogen (secondary N) is 1. The van der Waals surface area contributed by atoms with Crippen molar-refractivity contribution in [1.29, 1.82) is 0 Å². The van der Waals surface area contributed by atoms with Crippen LogP contribution < -0.4 is 5.32 Å². The molecule has 0 saturated carbocycles. The number of piperazine rings is 1. The lowest BCUT2D eigenvalue weighted by molar-refractivity contribution is -0.134. The van der Waals surface area contributed by atoms with Crippen LogP contribution in [0.15, 0.2) is 51.6 Å². The van der Waals surface area contributed by atoms with E-state index in [0.29, 0.717) is 44.4 Å². The van der Waals surface area contributed by atoms with E-state index in [9.17, 15) is 9.59 Å². The van der Waals surface area contributed by atoms with Crippen molar-refractivity contribution in [2.24, 2.45) is 0 Å². The molecule has 3 heterocycles. The van der Waals surface area contributed by atoms with Gasteiger partial charge in [-0.3, -0.25) is 14.5 Å². The van der Waals surface area contributed by atoms with Gasteiger partial charge in [-0.25, -0.2) is 0 Å². The lowest BCUT2D eigenvalue weighted by atomic mass is 10.1. The van der Waals surface area contributed by atoms with Crippen LogP contribution in [0.2, 0.25) is 0 Å². The van der Waals surface area contributed by atoms with Crippen molar-refractivity contribution in [1.82, 2.24) is 25.3 Å². The Morgan fingerprint density at radius 2 is 1.87 bits per heavy atom. The number of furan rings is 1. The summed E-state index contributed by atoms with van der Waals surface area (Å²) in [6.07, 6.45) is 1.42. The third-order valence-electron chi connectivity index (χ3n) is 5.28. The van der Waals surface area contributed by atoms with Crippen LogP contribution in [0.1, 0.15) is 28.9 Å². The highest BCUT2D eigenvalue weighted by Crippen LogP contribution is 2.17. The molecule has 0 radical (unpaired) electrons. The van der Waals surface area contributed by atoms with Gasteiger partial charge in [-0.2, -0.15) is 4.98 Å². The second-order valence-corrected chi connectivity index (χ2v) is 7.65. The molecule has 1 aliphatic heterocycles. The first-order valence-corrected chi connectivity index (χ1v) is 10.2. The monoisotopic (exact) mass is 423 g/mol. The predicted octanol–water partition coefficient (Wildman–Crippen LogP) is 2.10. The zero-order valence-electron chi connectivity index (χ0n) is 17.6. The number of carbonyl (C=O) groups excluding carboxylic acids is 2. The van der Waals surface area contributed by atoms with E-state index in [1.54, 1.807) is 24.0 Å². The van der Waals surface area contributed by atoms with E-state index in [0.717, 1.165) is 5.56 Å². The van der Waals surface area contributed by atoms with Crippen molar-refractivity contribution in [3.63, 3.8) is 0 Å². The molecule has 2 amide bonds. The molecule has 9 nitrogen and oxygen atoms in total. The van der Waals surface area contributed by atoms with Gasteiger partial charge in [-0.1, -0.05) is 35.0 Å². The molecule has 9 heteroatoms. The predicted molar refractivity (Wildman–Crippen MR) is 112 cm³/mol. The van der Waals surface area contributed by atoms with Crippen LogP contribution in [0, 0.1) is 6.92 Å². The van der Waals surface area contributed by atoms with Crippen LogP contribution in [0.25, 0.3) is 11.4 Å². The fourth-order valence-electron chi connectivity index (χ4n) is 3.47. The van der Waals surface area contributed by atoms with Crippen molar-refractivity contribution in [2.45, 2.75) is 26.4 Å². The molecule has 0 bridgehead atoms. The molecule has 0 aliphatic carbocycles. The Balaban J connectivity index is 1.26. The Labute approximate surface area is 180 Å². The SMILES string of the molecule is Cc1ccc(-c2noc(CN3CCN(C(=O)C(C)NC(=O)c4ccco4)CC3)n2)cc1. The minimum absolute atomic E-state index is 0.112. The quantitative estimate of drug-likeness (QED) is 0.647. The number of rotatable bonds is 6. The first kappa shape index (κ1) is 20.8. The summed E-state index contributed by atoms with van der Waals surface area (Å²) in [6.45, 7) is 6.76. The lowest BCUT2D eigenvalue weighted by Gasteiger charge is -2.35. The van der Waals surface area contributed by atoms with E-state index in [1.165, 1.54) is 11.8 Å². The summed E-state index contributed by atoms with van der Waals surface area (Å²) in [6, 6.07) is 10.5. The van der Waals surface area contributed by atoms with Gasteiger partial charge in [0.25, 0.3) is 5.91 Å². The average Bonchev–Trinajstić information content (AvgIpc) is 3.47. The van der Waals surface area contributed by atoms with Crippen LogP contribution in [0.3, 0.4) is 0 Å². The number of carbonyl (C=O) groups is 2. The molecule has 0 spiro atoms. The number of aromatic nitrogens is 2. The number of hydrogen-bond donors (Lipinski definition) is 1. The third kappa shape index (κ3) is 5.00. The van der Waals surface area contributed by atoms with Gasteiger partial charge in [-0.15, -0.1) is 0 Å². The van der Waals surface area contributed by atoms with Gasteiger partial charge in [0.1, 0.15) is 6.04 Å². The summed E-state index contributed by atoms with van der Waals surface area (Å²) >= 11 is 0. The topological polar surface area (TPSA) is 105 Å². The molecular weight excluding hydrogens is 398 g/mol. The molecular formula is C22H25N5O4. The number of nitrogens with zero attached hydrogens (tertiary/aromatic N) is 4. The molecule has 4 rings (SSSR count). The molecule has 1 fully saturated rings. The minimum atomic E-state index is -0.628. The van der Waals surface area contributed by atoms with E-state index in [2.05, 4.69) is 20.4 Å². The highest BCUT2D eigenvalue weighted by Gasteiger charge is 2.27. The number of benzene rings is 1. The van der Waals surface area contributed by atoms with E-state index in [1.807, 2.05) is 31.2 Å². The second-order valence-electron chi connectivity index (χ2n) is 7.65. The largest absolute Gasteiger partial charge is 0.459 e. The first-order chi connectivity index (χ1) is 15.0. The zero-order valence-corrected chi connectivity index (χ0v) is 17.6. The highest BCUT2D eigenvalue weighted by molar-refractivity contribution is 5.95. The summed E-state index contributed by atoms with van der Waals surface area (Å²) in [4.78, 5) is 33.2. The Morgan fingerprint density at radius 3 is 2.55 bits per heavy atom. The minimum Gasteiger partial charge on any atom is -0.459 e. The maximum atomic E-state index is 12.7. The van der Waals surface area contributed by atoms with E-state index in [-0.39, 0.29) is 11.7 Å². The summed E-state index contributed by atoms with van der Waals surface area (Å²) < 4.78 is 10.5. The second kappa shape index (κ2) is 9.13. The van der Waals surface area contributed by atoms with Gasteiger partial charge < -0.3 is 19.2 Å².